The summed E-state index contributed by atoms with van der Waals surface area (Å²) in [6.45, 7) is 1.53. The maximum atomic E-state index is 12.0. The average Bonchev–Trinajstić information content (AvgIpc) is 2.65. The van der Waals surface area contributed by atoms with Crippen molar-refractivity contribution in [3.05, 3.63) is 29.8 Å². The van der Waals surface area contributed by atoms with Crippen LogP contribution in [0, 0.1) is 0 Å². The molecule has 1 aromatic carbocycles. The Kier molecular flexibility index (Phi) is 8.42. The number of carbonyl (C=O) groups excluding carboxylic acids is 2. The van der Waals surface area contributed by atoms with Gasteiger partial charge in [-0.25, -0.2) is 0 Å². The van der Waals surface area contributed by atoms with Gasteiger partial charge in [-0.15, -0.1) is 0 Å². The van der Waals surface area contributed by atoms with Gasteiger partial charge in [-0.2, -0.15) is 0 Å². The Balaban J connectivity index is 1.71. The summed E-state index contributed by atoms with van der Waals surface area (Å²) in [6, 6.07) is 7.40. The van der Waals surface area contributed by atoms with Crippen LogP contribution in [0.25, 0.3) is 0 Å². The number of hydrogen-bond acceptors (Lipinski definition) is 4. The molecule has 0 saturated heterocycles. The molecule has 1 aliphatic carbocycles. The van der Waals surface area contributed by atoms with Crippen molar-refractivity contribution in [1.29, 1.82) is 0 Å². The van der Waals surface area contributed by atoms with Gasteiger partial charge in [0.2, 0.25) is 5.91 Å². The van der Waals surface area contributed by atoms with Crippen molar-refractivity contribution in [2.45, 2.75) is 44.6 Å². The average molecular weight is 347 g/mol. The maximum Gasteiger partial charge on any atom is 0.251 e. The van der Waals surface area contributed by atoms with Crippen LogP contribution in [0.5, 0.6) is 0 Å². The van der Waals surface area contributed by atoms with E-state index in [1.54, 1.807) is 31.4 Å². The lowest BCUT2D eigenvalue weighted by Gasteiger charge is -2.22. The lowest BCUT2D eigenvalue weighted by atomic mass is 9.95. The third kappa shape index (κ3) is 7.23. The second-order valence-corrected chi connectivity index (χ2v) is 6.44. The molecule has 2 amide bonds. The molecule has 3 N–H and O–H groups in total. The van der Waals surface area contributed by atoms with E-state index in [1.807, 2.05) is 0 Å². The summed E-state index contributed by atoms with van der Waals surface area (Å²) in [5.41, 5.74) is 1.28. The molecule has 138 valence electrons. The molecule has 2 rings (SSSR count). The highest BCUT2D eigenvalue weighted by molar-refractivity contribution is 5.96. The smallest absolute Gasteiger partial charge is 0.251 e. The van der Waals surface area contributed by atoms with E-state index in [-0.39, 0.29) is 11.8 Å². The van der Waals surface area contributed by atoms with Gasteiger partial charge in [0.15, 0.2) is 0 Å². The third-order valence-electron chi connectivity index (χ3n) is 4.40. The summed E-state index contributed by atoms with van der Waals surface area (Å²) in [6.07, 6.45) is 6.88. The van der Waals surface area contributed by atoms with Crippen molar-refractivity contribution in [2.24, 2.45) is 0 Å². The summed E-state index contributed by atoms with van der Waals surface area (Å²) in [5, 5.41) is 9.01. The summed E-state index contributed by atoms with van der Waals surface area (Å²) >= 11 is 0. The molecule has 0 heterocycles. The summed E-state index contributed by atoms with van der Waals surface area (Å²) in [4.78, 5) is 24.0. The van der Waals surface area contributed by atoms with E-state index in [9.17, 15) is 9.59 Å². The molecular weight excluding hydrogens is 318 g/mol. The second-order valence-electron chi connectivity index (χ2n) is 6.44. The number of methoxy groups -OCH3 is 1. The molecule has 1 aromatic rings. The number of rotatable bonds is 9. The first-order chi connectivity index (χ1) is 12.2. The van der Waals surface area contributed by atoms with Crippen molar-refractivity contribution in [3.63, 3.8) is 0 Å². The van der Waals surface area contributed by atoms with Crippen LogP contribution in [0.3, 0.4) is 0 Å². The summed E-state index contributed by atoms with van der Waals surface area (Å²) in [5.74, 6) is -0.171. The van der Waals surface area contributed by atoms with E-state index in [4.69, 9.17) is 4.74 Å². The van der Waals surface area contributed by atoms with Crippen LogP contribution in [0.2, 0.25) is 0 Å². The van der Waals surface area contributed by atoms with Crippen LogP contribution in [0.1, 0.15) is 48.9 Å². The van der Waals surface area contributed by atoms with Crippen molar-refractivity contribution >= 4 is 17.5 Å². The standard InChI is InChI=1S/C19H29N3O3/c1-25-13-5-12-20-19(24)15-8-10-17(11-9-15)22-18(23)14-21-16-6-3-2-4-7-16/h8-11,16,21H,2-7,12-14H2,1H3,(H,20,24)(H,22,23). The zero-order valence-corrected chi connectivity index (χ0v) is 15.0. The number of ether oxygens (including phenoxy) is 1. The molecule has 0 aromatic heterocycles. The Labute approximate surface area is 149 Å². The minimum Gasteiger partial charge on any atom is -0.385 e. The van der Waals surface area contributed by atoms with Crippen molar-refractivity contribution in [3.8, 4) is 0 Å². The van der Waals surface area contributed by atoms with Crippen LogP contribution < -0.4 is 16.0 Å². The van der Waals surface area contributed by atoms with Gasteiger partial charge < -0.3 is 20.7 Å². The Morgan fingerprint density at radius 3 is 2.52 bits per heavy atom. The van der Waals surface area contributed by atoms with Gasteiger partial charge in [0.25, 0.3) is 5.91 Å². The largest absolute Gasteiger partial charge is 0.385 e. The fraction of sp³-hybridized carbons (Fsp3) is 0.579. The van der Waals surface area contributed by atoms with Gasteiger partial charge in [0.05, 0.1) is 6.54 Å². The minimum absolute atomic E-state index is 0.0534. The van der Waals surface area contributed by atoms with Crippen LogP contribution >= 0.6 is 0 Å². The third-order valence-corrected chi connectivity index (χ3v) is 4.40. The first-order valence-electron chi connectivity index (χ1n) is 9.09. The molecular formula is C19H29N3O3. The summed E-state index contributed by atoms with van der Waals surface area (Å²) < 4.78 is 4.94. The second kappa shape index (κ2) is 10.8. The Bertz CT molecular complexity index is 539. The van der Waals surface area contributed by atoms with Crippen molar-refractivity contribution < 1.29 is 14.3 Å². The molecule has 1 saturated carbocycles. The molecule has 1 fully saturated rings. The quantitative estimate of drug-likeness (QED) is 0.599. The first-order valence-corrected chi connectivity index (χ1v) is 9.09. The number of carbonyl (C=O) groups is 2. The highest BCUT2D eigenvalue weighted by Crippen LogP contribution is 2.17. The van der Waals surface area contributed by atoms with E-state index >= 15 is 0 Å². The highest BCUT2D eigenvalue weighted by Gasteiger charge is 2.14. The lowest BCUT2D eigenvalue weighted by molar-refractivity contribution is -0.115. The Morgan fingerprint density at radius 1 is 1.12 bits per heavy atom. The maximum absolute atomic E-state index is 12.0. The fourth-order valence-electron chi connectivity index (χ4n) is 2.97. The van der Waals surface area contributed by atoms with E-state index in [1.165, 1.54) is 19.3 Å². The molecule has 0 unspecified atom stereocenters. The number of hydrogen-bond donors (Lipinski definition) is 3. The highest BCUT2D eigenvalue weighted by atomic mass is 16.5. The van der Waals surface area contributed by atoms with Crippen LogP contribution in [-0.2, 0) is 9.53 Å². The molecule has 0 spiro atoms. The van der Waals surface area contributed by atoms with E-state index in [0.29, 0.717) is 37.0 Å². The minimum atomic E-state index is -0.118. The monoisotopic (exact) mass is 347 g/mol. The number of amides is 2. The topological polar surface area (TPSA) is 79.5 Å². The van der Waals surface area contributed by atoms with Gasteiger partial charge >= 0.3 is 0 Å². The fourth-order valence-corrected chi connectivity index (χ4v) is 2.97. The molecule has 0 aliphatic heterocycles. The molecule has 1 aliphatic rings. The van der Waals surface area contributed by atoms with E-state index < -0.39 is 0 Å². The molecule has 0 radical (unpaired) electrons. The van der Waals surface area contributed by atoms with E-state index in [0.717, 1.165) is 19.3 Å². The molecule has 6 heteroatoms. The predicted octanol–water partition coefficient (Wildman–Crippen LogP) is 2.31. The zero-order chi connectivity index (χ0) is 17.9. The number of nitrogens with one attached hydrogen (secondary N) is 3. The van der Waals surface area contributed by atoms with Gasteiger partial charge in [0, 0.05) is 37.6 Å². The number of anilines is 1. The Morgan fingerprint density at radius 2 is 1.84 bits per heavy atom. The van der Waals surface area contributed by atoms with Gasteiger partial charge in [0.1, 0.15) is 0 Å². The predicted molar refractivity (Wildman–Crippen MR) is 98.8 cm³/mol. The first kappa shape index (κ1) is 19.4. The normalized spacial score (nSPS) is 14.9. The van der Waals surface area contributed by atoms with Crippen molar-refractivity contribution in [1.82, 2.24) is 10.6 Å². The molecule has 0 bridgehead atoms. The molecule has 25 heavy (non-hydrogen) atoms. The SMILES string of the molecule is COCCCNC(=O)c1ccc(NC(=O)CNC2CCCCC2)cc1. The lowest BCUT2D eigenvalue weighted by Crippen LogP contribution is -2.37. The number of benzene rings is 1. The molecule has 0 atom stereocenters. The van der Waals surface area contributed by atoms with Gasteiger partial charge in [-0.1, -0.05) is 19.3 Å². The van der Waals surface area contributed by atoms with E-state index in [2.05, 4.69) is 16.0 Å². The van der Waals surface area contributed by atoms with Gasteiger partial charge in [-0.05, 0) is 43.5 Å². The van der Waals surface area contributed by atoms with Crippen LogP contribution in [0.15, 0.2) is 24.3 Å². The molecule has 6 nitrogen and oxygen atoms in total. The Hall–Kier alpha value is -1.92. The van der Waals surface area contributed by atoms with Gasteiger partial charge in [-0.3, -0.25) is 9.59 Å². The zero-order valence-electron chi connectivity index (χ0n) is 15.0. The van der Waals surface area contributed by atoms with Crippen LogP contribution in [-0.4, -0.2) is 44.7 Å². The summed E-state index contributed by atoms with van der Waals surface area (Å²) in [7, 11) is 1.64. The van der Waals surface area contributed by atoms with Crippen molar-refractivity contribution in [2.75, 3.05) is 32.1 Å². The van der Waals surface area contributed by atoms with Crippen LogP contribution in [0.4, 0.5) is 5.69 Å².